The number of rotatable bonds is 6. The molecule has 168 valence electrons. The highest BCUT2D eigenvalue weighted by Crippen LogP contribution is 2.60. The normalized spacial score (nSPS) is 26.9. The van der Waals surface area contributed by atoms with Gasteiger partial charge < -0.3 is 25.6 Å². The fourth-order valence-electron chi connectivity index (χ4n) is 5.04. The molecule has 32 heavy (non-hydrogen) atoms. The number of benzene rings is 2. The van der Waals surface area contributed by atoms with Crippen LogP contribution in [0, 0.1) is 5.82 Å². The van der Waals surface area contributed by atoms with E-state index in [1.807, 2.05) is 25.2 Å². The number of amides is 2. The van der Waals surface area contributed by atoms with Gasteiger partial charge in [0.05, 0.1) is 22.6 Å². The molecule has 3 saturated carbocycles. The van der Waals surface area contributed by atoms with Crippen LogP contribution in [0.25, 0.3) is 0 Å². The topological polar surface area (TPSA) is 82.7 Å². The van der Waals surface area contributed by atoms with Gasteiger partial charge in [0.15, 0.2) is 6.61 Å². The van der Waals surface area contributed by atoms with Crippen molar-refractivity contribution in [1.82, 2.24) is 10.6 Å². The molecule has 1 aliphatic heterocycles. The van der Waals surface area contributed by atoms with Gasteiger partial charge in [0.1, 0.15) is 11.6 Å². The summed E-state index contributed by atoms with van der Waals surface area (Å²) in [6, 6.07) is 9.71. The molecule has 3 aliphatic carbocycles. The maximum atomic E-state index is 13.5. The highest BCUT2D eigenvalue weighted by molar-refractivity contribution is 6.30. The lowest BCUT2D eigenvalue weighted by atomic mass is 9.44. The van der Waals surface area contributed by atoms with E-state index < -0.39 is 5.82 Å². The van der Waals surface area contributed by atoms with E-state index in [1.54, 1.807) is 0 Å². The van der Waals surface area contributed by atoms with Gasteiger partial charge in [-0.3, -0.25) is 9.59 Å². The van der Waals surface area contributed by atoms with Crippen LogP contribution in [0.5, 0.6) is 5.75 Å². The van der Waals surface area contributed by atoms with Crippen molar-refractivity contribution in [3.05, 3.63) is 52.8 Å². The Morgan fingerprint density at radius 2 is 1.91 bits per heavy atom. The van der Waals surface area contributed by atoms with E-state index in [4.69, 9.17) is 16.3 Å². The number of fused-ring (bicyclic) bond motifs is 1. The molecule has 0 radical (unpaired) electrons. The van der Waals surface area contributed by atoms with Gasteiger partial charge in [-0.25, -0.2) is 4.39 Å². The van der Waals surface area contributed by atoms with Crippen LogP contribution in [0.3, 0.4) is 0 Å². The number of carbonyl (C=O) groups excluding carboxylic acids is 2. The van der Waals surface area contributed by atoms with Crippen molar-refractivity contribution in [3.8, 4) is 5.75 Å². The Kier molecular flexibility index (Phi) is 4.74. The summed E-state index contributed by atoms with van der Waals surface area (Å²) >= 11 is 5.64. The van der Waals surface area contributed by atoms with Crippen molar-refractivity contribution in [3.63, 3.8) is 0 Å². The van der Waals surface area contributed by atoms with Crippen molar-refractivity contribution in [1.29, 1.82) is 0 Å². The Bertz CT molecular complexity index is 1100. The molecule has 2 bridgehead atoms. The van der Waals surface area contributed by atoms with Gasteiger partial charge >= 0.3 is 0 Å². The Labute approximate surface area is 190 Å². The van der Waals surface area contributed by atoms with Crippen molar-refractivity contribution < 1.29 is 18.7 Å². The van der Waals surface area contributed by atoms with E-state index >= 15 is 0 Å². The highest BCUT2D eigenvalue weighted by atomic mass is 35.5. The average molecular weight is 459 g/mol. The van der Waals surface area contributed by atoms with Crippen molar-refractivity contribution in [2.75, 3.05) is 23.9 Å². The molecule has 4 aliphatic rings. The third kappa shape index (κ3) is 3.52. The molecule has 2 amide bonds. The number of nitrogens with one attached hydrogen (secondary N) is 3. The lowest BCUT2D eigenvalue weighted by Crippen LogP contribution is -2.84. The summed E-state index contributed by atoms with van der Waals surface area (Å²) in [5.41, 5.74) is 2.09. The SMILES string of the molecule is CC1Nc2cc(C(=O)NC34CC(NC(=O)COc5ccc(Cl)c(F)c5)(C3)C4)ccc2N1C. The highest BCUT2D eigenvalue weighted by Gasteiger charge is 2.69. The zero-order valence-electron chi connectivity index (χ0n) is 17.8. The molecular formula is C23H24ClFN4O3. The fourth-order valence-corrected chi connectivity index (χ4v) is 5.16. The summed E-state index contributed by atoms with van der Waals surface area (Å²) in [5.74, 6) is -0.734. The third-order valence-corrected chi connectivity index (χ3v) is 6.97. The monoisotopic (exact) mass is 458 g/mol. The Morgan fingerprint density at radius 3 is 2.62 bits per heavy atom. The summed E-state index contributed by atoms with van der Waals surface area (Å²) < 4.78 is 18.8. The Hall–Kier alpha value is -3.00. The second-order valence-electron chi connectivity index (χ2n) is 9.12. The first-order chi connectivity index (χ1) is 15.2. The molecule has 1 heterocycles. The first-order valence-corrected chi connectivity index (χ1v) is 10.9. The lowest BCUT2D eigenvalue weighted by Gasteiger charge is -2.70. The molecule has 0 aromatic heterocycles. The Balaban J connectivity index is 1.11. The molecule has 1 unspecified atom stereocenters. The molecule has 3 fully saturated rings. The average Bonchev–Trinajstić information content (AvgIpc) is 2.99. The molecule has 2 aromatic carbocycles. The largest absolute Gasteiger partial charge is 0.484 e. The quantitative estimate of drug-likeness (QED) is 0.618. The van der Waals surface area contributed by atoms with Gasteiger partial charge in [-0.05, 0) is 56.5 Å². The smallest absolute Gasteiger partial charge is 0.258 e. The maximum absolute atomic E-state index is 13.5. The zero-order valence-corrected chi connectivity index (χ0v) is 18.6. The molecule has 1 atom stereocenters. The van der Waals surface area contributed by atoms with E-state index in [2.05, 4.69) is 27.8 Å². The minimum Gasteiger partial charge on any atom is -0.484 e. The predicted octanol–water partition coefficient (Wildman–Crippen LogP) is 3.29. The molecular weight excluding hydrogens is 435 g/mol. The number of nitrogens with zero attached hydrogens (tertiary/aromatic N) is 1. The first-order valence-electron chi connectivity index (χ1n) is 10.5. The van der Waals surface area contributed by atoms with Crippen LogP contribution >= 0.6 is 11.6 Å². The van der Waals surface area contributed by atoms with Crippen molar-refractivity contribution in [2.24, 2.45) is 0 Å². The summed E-state index contributed by atoms with van der Waals surface area (Å²) in [5, 5.41) is 9.49. The van der Waals surface area contributed by atoms with E-state index in [0.29, 0.717) is 24.8 Å². The number of hydrogen-bond acceptors (Lipinski definition) is 5. The maximum Gasteiger partial charge on any atom is 0.258 e. The third-order valence-electron chi connectivity index (χ3n) is 6.66. The number of anilines is 2. The van der Waals surface area contributed by atoms with E-state index in [9.17, 15) is 14.0 Å². The van der Waals surface area contributed by atoms with Gasteiger partial charge in [-0.15, -0.1) is 0 Å². The first kappa shape index (κ1) is 20.9. The zero-order chi connectivity index (χ0) is 22.7. The fraction of sp³-hybridized carbons (Fsp3) is 0.391. The molecule has 9 heteroatoms. The predicted molar refractivity (Wildman–Crippen MR) is 120 cm³/mol. The minimum absolute atomic E-state index is 0.000981. The number of hydrogen-bond donors (Lipinski definition) is 3. The van der Waals surface area contributed by atoms with Crippen LogP contribution in [0.15, 0.2) is 36.4 Å². The van der Waals surface area contributed by atoms with Crippen molar-refractivity contribution in [2.45, 2.75) is 43.4 Å². The van der Waals surface area contributed by atoms with Gasteiger partial charge in [0, 0.05) is 29.8 Å². The van der Waals surface area contributed by atoms with Gasteiger partial charge in [0.25, 0.3) is 11.8 Å². The molecule has 2 aromatic rings. The number of halogens is 2. The number of ether oxygens (including phenoxy) is 1. The summed E-state index contributed by atoms with van der Waals surface area (Å²) in [7, 11) is 2.01. The van der Waals surface area contributed by atoms with Gasteiger partial charge in [-0.2, -0.15) is 0 Å². The van der Waals surface area contributed by atoms with Gasteiger partial charge in [0.2, 0.25) is 0 Å². The van der Waals surface area contributed by atoms with Crippen LogP contribution in [0.1, 0.15) is 36.5 Å². The molecule has 0 saturated heterocycles. The van der Waals surface area contributed by atoms with Gasteiger partial charge in [-0.1, -0.05) is 11.6 Å². The van der Waals surface area contributed by atoms with Crippen LogP contribution < -0.4 is 25.6 Å². The Morgan fingerprint density at radius 1 is 1.19 bits per heavy atom. The standard InChI is InChI=1S/C23H24ClFN4O3/c1-13-26-18-7-14(3-6-19(18)29(13)2)21(31)28-23-10-22(11-23,12-23)27-20(30)9-32-15-4-5-16(24)17(25)8-15/h3-8,13,26H,9-12H2,1-2H3,(H,27,30)(H,28,31). The summed E-state index contributed by atoms with van der Waals surface area (Å²) in [6.07, 6.45) is 2.26. The second-order valence-corrected chi connectivity index (χ2v) is 9.53. The van der Waals surface area contributed by atoms with E-state index in [0.717, 1.165) is 17.4 Å². The lowest BCUT2D eigenvalue weighted by molar-refractivity contribution is -0.141. The number of carbonyl (C=O) groups is 2. The van der Waals surface area contributed by atoms with Crippen LogP contribution in [0.2, 0.25) is 5.02 Å². The molecule has 6 rings (SSSR count). The van der Waals surface area contributed by atoms with Crippen LogP contribution in [-0.4, -0.2) is 42.7 Å². The molecule has 0 spiro atoms. The van der Waals surface area contributed by atoms with E-state index in [1.165, 1.54) is 12.1 Å². The van der Waals surface area contributed by atoms with Crippen molar-refractivity contribution >= 4 is 34.8 Å². The molecule has 7 nitrogen and oxygen atoms in total. The van der Waals surface area contributed by atoms with Crippen LogP contribution in [0.4, 0.5) is 15.8 Å². The molecule has 3 N–H and O–H groups in total. The second kappa shape index (κ2) is 7.27. The summed E-state index contributed by atoms with van der Waals surface area (Å²) in [6.45, 7) is 1.85. The minimum atomic E-state index is -0.595. The van der Waals surface area contributed by atoms with E-state index in [-0.39, 0.29) is 46.4 Å². The van der Waals surface area contributed by atoms with Crippen LogP contribution in [-0.2, 0) is 4.79 Å². The summed E-state index contributed by atoms with van der Waals surface area (Å²) in [4.78, 5) is 27.2.